The Labute approximate surface area is 95.9 Å². The Morgan fingerprint density at radius 1 is 1.56 bits per heavy atom. The van der Waals surface area contributed by atoms with Gasteiger partial charge in [0.1, 0.15) is 0 Å². The molecule has 0 saturated heterocycles. The molecule has 16 heavy (non-hydrogen) atoms. The number of nitrogens with two attached hydrogens (primary N) is 1. The molecule has 0 fully saturated rings. The fourth-order valence-electron chi connectivity index (χ4n) is 1.47. The van der Waals surface area contributed by atoms with E-state index in [2.05, 4.69) is 6.58 Å². The summed E-state index contributed by atoms with van der Waals surface area (Å²) in [4.78, 5) is 0. The summed E-state index contributed by atoms with van der Waals surface area (Å²) in [5.74, 6) is -0.0103. The number of halogens is 1. The summed E-state index contributed by atoms with van der Waals surface area (Å²) in [5.41, 5.74) is 6.52. The van der Waals surface area contributed by atoms with Gasteiger partial charge in [-0.15, -0.1) is 6.58 Å². The minimum atomic E-state index is -0.331. The molecule has 0 radical (unpaired) electrons. The molecule has 2 nitrogen and oxygen atoms in total. The lowest BCUT2D eigenvalue weighted by Gasteiger charge is -2.13. The highest BCUT2D eigenvalue weighted by atomic mass is 19.1. The highest BCUT2D eigenvalue weighted by molar-refractivity contribution is 5.35. The lowest BCUT2D eigenvalue weighted by atomic mass is 10.1. The van der Waals surface area contributed by atoms with Crippen LogP contribution in [-0.2, 0) is 6.42 Å². The van der Waals surface area contributed by atoms with E-state index >= 15 is 0 Å². The molecule has 0 aromatic heterocycles. The fraction of sp³-hybridized carbons (Fsp3) is 0.385. The number of hydrogen-bond donors (Lipinski definition) is 1. The maximum absolute atomic E-state index is 13.5. The highest BCUT2D eigenvalue weighted by Crippen LogP contribution is 2.23. The van der Waals surface area contributed by atoms with Crippen molar-refractivity contribution in [1.82, 2.24) is 0 Å². The van der Waals surface area contributed by atoms with E-state index in [4.69, 9.17) is 10.5 Å². The molecule has 1 aromatic carbocycles. The van der Waals surface area contributed by atoms with Crippen LogP contribution in [0.2, 0.25) is 0 Å². The predicted molar refractivity (Wildman–Crippen MR) is 64.1 cm³/mol. The van der Waals surface area contributed by atoms with Crippen LogP contribution in [0.1, 0.15) is 18.9 Å². The van der Waals surface area contributed by atoms with Gasteiger partial charge in [0.25, 0.3) is 0 Å². The third-order valence-corrected chi connectivity index (χ3v) is 2.16. The zero-order chi connectivity index (χ0) is 12.0. The Morgan fingerprint density at radius 2 is 2.31 bits per heavy atom. The first kappa shape index (κ1) is 12.7. The Kier molecular flexibility index (Phi) is 4.99. The number of benzene rings is 1. The van der Waals surface area contributed by atoms with Crippen LogP contribution in [0.25, 0.3) is 0 Å². The van der Waals surface area contributed by atoms with Crippen LogP contribution in [0.15, 0.2) is 30.9 Å². The van der Waals surface area contributed by atoms with E-state index in [1.807, 2.05) is 13.0 Å². The molecule has 1 aromatic rings. The van der Waals surface area contributed by atoms with Gasteiger partial charge in [-0.05, 0) is 31.4 Å². The van der Waals surface area contributed by atoms with Crippen molar-refractivity contribution in [3.8, 4) is 5.75 Å². The maximum atomic E-state index is 13.5. The van der Waals surface area contributed by atoms with Gasteiger partial charge in [-0.3, -0.25) is 0 Å². The second kappa shape index (κ2) is 6.28. The third kappa shape index (κ3) is 3.66. The number of ether oxygens (including phenoxy) is 1. The first-order valence-electron chi connectivity index (χ1n) is 5.41. The van der Waals surface area contributed by atoms with E-state index in [0.29, 0.717) is 25.2 Å². The van der Waals surface area contributed by atoms with Gasteiger partial charge in [-0.1, -0.05) is 18.2 Å². The van der Waals surface area contributed by atoms with E-state index in [1.165, 1.54) is 6.07 Å². The van der Waals surface area contributed by atoms with Gasteiger partial charge in [0, 0.05) is 6.04 Å². The van der Waals surface area contributed by atoms with Gasteiger partial charge < -0.3 is 10.5 Å². The average Bonchev–Trinajstić information content (AvgIpc) is 2.21. The standard InChI is InChI=1S/C13H18FNO/c1-3-4-8-16-13-11(9-10(2)15)6-5-7-12(13)14/h3,5-7,10H,1,4,8-9,15H2,2H3. The van der Waals surface area contributed by atoms with Crippen LogP contribution in [0.5, 0.6) is 5.75 Å². The first-order valence-corrected chi connectivity index (χ1v) is 5.41. The van der Waals surface area contributed by atoms with E-state index < -0.39 is 0 Å². The van der Waals surface area contributed by atoms with Crippen molar-refractivity contribution in [3.63, 3.8) is 0 Å². The summed E-state index contributed by atoms with van der Waals surface area (Å²) < 4.78 is 18.9. The second-order valence-corrected chi connectivity index (χ2v) is 3.84. The second-order valence-electron chi connectivity index (χ2n) is 3.84. The van der Waals surface area contributed by atoms with Crippen molar-refractivity contribution in [2.24, 2.45) is 5.73 Å². The van der Waals surface area contributed by atoms with E-state index in [0.717, 1.165) is 5.56 Å². The molecule has 1 unspecified atom stereocenters. The van der Waals surface area contributed by atoms with Gasteiger partial charge in [-0.25, -0.2) is 4.39 Å². The smallest absolute Gasteiger partial charge is 0.165 e. The summed E-state index contributed by atoms with van der Waals surface area (Å²) in [6.45, 7) is 5.92. The number of hydrogen-bond acceptors (Lipinski definition) is 2. The van der Waals surface area contributed by atoms with Crippen LogP contribution in [-0.4, -0.2) is 12.6 Å². The average molecular weight is 223 g/mol. The molecule has 0 aliphatic rings. The molecular weight excluding hydrogens is 205 g/mol. The van der Waals surface area contributed by atoms with E-state index in [9.17, 15) is 4.39 Å². The largest absolute Gasteiger partial charge is 0.490 e. The van der Waals surface area contributed by atoms with Gasteiger partial charge >= 0.3 is 0 Å². The molecule has 0 aliphatic heterocycles. The Bertz CT molecular complexity index is 350. The molecule has 1 rings (SSSR count). The minimum absolute atomic E-state index is 0.0106. The van der Waals surface area contributed by atoms with Crippen molar-refractivity contribution in [2.75, 3.05) is 6.61 Å². The highest BCUT2D eigenvalue weighted by Gasteiger charge is 2.10. The SMILES string of the molecule is C=CCCOc1c(F)cccc1CC(C)N. The van der Waals surface area contributed by atoms with Crippen LogP contribution < -0.4 is 10.5 Å². The van der Waals surface area contributed by atoms with Gasteiger partial charge in [0.2, 0.25) is 0 Å². The molecule has 0 heterocycles. The van der Waals surface area contributed by atoms with E-state index in [-0.39, 0.29) is 11.9 Å². The fourth-order valence-corrected chi connectivity index (χ4v) is 1.47. The summed E-state index contributed by atoms with van der Waals surface area (Å²) >= 11 is 0. The summed E-state index contributed by atoms with van der Waals surface area (Å²) in [6, 6.07) is 4.90. The quantitative estimate of drug-likeness (QED) is 0.594. The van der Waals surface area contributed by atoms with Crippen LogP contribution in [0, 0.1) is 5.82 Å². The van der Waals surface area contributed by atoms with Crippen molar-refractivity contribution < 1.29 is 9.13 Å². The maximum Gasteiger partial charge on any atom is 0.165 e. The lowest BCUT2D eigenvalue weighted by Crippen LogP contribution is -2.18. The number of rotatable bonds is 6. The third-order valence-electron chi connectivity index (χ3n) is 2.16. The lowest BCUT2D eigenvalue weighted by molar-refractivity contribution is 0.304. The molecule has 0 saturated carbocycles. The normalized spacial score (nSPS) is 12.2. The van der Waals surface area contributed by atoms with Crippen LogP contribution in [0.3, 0.4) is 0 Å². The summed E-state index contributed by atoms with van der Waals surface area (Å²) in [5, 5.41) is 0. The van der Waals surface area contributed by atoms with Crippen molar-refractivity contribution in [1.29, 1.82) is 0 Å². The zero-order valence-corrected chi connectivity index (χ0v) is 9.58. The minimum Gasteiger partial charge on any atom is -0.490 e. The summed E-state index contributed by atoms with van der Waals surface area (Å²) in [7, 11) is 0. The van der Waals surface area contributed by atoms with Gasteiger partial charge in [-0.2, -0.15) is 0 Å². The van der Waals surface area contributed by atoms with Crippen LogP contribution >= 0.6 is 0 Å². The number of para-hydroxylation sites is 1. The zero-order valence-electron chi connectivity index (χ0n) is 9.58. The Hall–Kier alpha value is -1.35. The van der Waals surface area contributed by atoms with Crippen molar-refractivity contribution in [2.45, 2.75) is 25.8 Å². The topological polar surface area (TPSA) is 35.2 Å². The van der Waals surface area contributed by atoms with E-state index in [1.54, 1.807) is 12.1 Å². The molecular formula is C13H18FNO. The summed E-state index contributed by atoms with van der Waals surface area (Å²) in [6.07, 6.45) is 3.05. The molecule has 1 atom stereocenters. The monoisotopic (exact) mass is 223 g/mol. The van der Waals surface area contributed by atoms with Crippen LogP contribution in [0.4, 0.5) is 4.39 Å². The van der Waals surface area contributed by atoms with Crippen molar-refractivity contribution >= 4 is 0 Å². The molecule has 3 heteroatoms. The molecule has 0 aliphatic carbocycles. The molecule has 0 bridgehead atoms. The van der Waals surface area contributed by atoms with Gasteiger partial charge in [0.05, 0.1) is 6.61 Å². The molecule has 88 valence electrons. The van der Waals surface area contributed by atoms with Crippen molar-refractivity contribution in [3.05, 3.63) is 42.2 Å². The predicted octanol–water partition coefficient (Wildman–Crippen LogP) is 2.67. The van der Waals surface area contributed by atoms with Gasteiger partial charge in [0.15, 0.2) is 11.6 Å². The first-order chi connectivity index (χ1) is 7.65. The molecule has 0 spiro atoms. The molecule has 0 amide bonds. The Balaban J connectivity index is 2.81. The Morgan fingerprint density at radius 3 is 2.94 bits per heavy atom. The molecule has 2 N–H and O–H groups in total.